The number of nitrogens with zero attached hydrogens (tertiary/aromatic N) is 1. The molecule has 1 spiro atoms. The van der Waals surface area contributed by atoms with Crippen molar-refractivity contribution in [2.45, 2.75) is 72.3 Å². The Balaban J connectivity index is 1.51. The Hall–Kier alpha value is -1.71. The summed E-state index contributed by atoms with van der Waals surface area (Å²) in [6, 6.07) is 7.68. The van der Waals surface area contributed by atoms with Crippen LogP contribution in [0.15, 0.2) is 30.3 Å². The number of esters is 1. The minimum atomic E-state index is -2.14. The zero-order chi connectivity index (χ0) is 30.9. The molecule has 1 heterocycles. The van der Waals surface area contributed by atoms with E-state index in [1.165, 1.54) is 21.3 Å². The van der Waals surface area contributed by atoms with Gasteiger partial charge in [0.15, 0.2) is 0 Å². The van der Waals surface area contributed by atoms with Gasteiger partial charge in [0.25, 0.3) is 0 Å². The maximum atomic E-state index is 13.5. The number of likely N-dealkylation sites (tertiary alicyclic amines) is 1. The van der Waals surface area contributed by atoms with Gasteiger partial charge in [-0.2, -0.15) is 0 Å². The van der Waals surface area contributed by atoms with Crippen LogP contribution >= 0.6 is 0 Å². The molecular weight excluding hydrogens is 562 g/mol. The van der Waals surface area contributed by atoms with Crippen LogP contribution in [0.3, 0.4) is 0 Å². The van der Waals surface area contributed by atoms with Gasteiger partial charge in [0.05, 0.1) is 42.0 Å². The lowest BCUT2D eigenvalue weighted by atomic mass is 9.41. The highest BCUT2D eigenvalue weighted by Gasteiger charge is 2.95. The van der Waals surface area contributed by atoms with Gasteiger partial charge in [0, 0.05) is 76.5 Å². The van der Waals surface area contributed by atoms with Crippen molar-refractivity contribution in [3.05, 3.63) is 35.9 Å². The van der Waals surface area contributed by atoms with E-state index in [1.54, 1.807) is 37.4 Å². The standard InChI is InChI=1S/C31H43NO11/c1-32-13-27(14-39-2)16(33)11-17(40-3)30-20(27)19(41-4)18(22(30)32)31(38)21-24(43-26(35)15-9-7-6-8-10-15)28(36,12-29(21,30)37)25(42-5)23(31)34/h6-10,16-25,33-34,36-38H,11-14H2,1-5H3/t16-,17+,18+,19+,20-,21+,22?,23+,24-,25+,27+,28-,29+,30-,31+/m1/s1. The lowest BCUT2D eigenvalue weighted by Crippen LogP contribution is -2.85. The van der Waals surface area contributed by atoms with Gasteiger partial charge in [0.1, 0.15) is 29.5 Å². The second kappa shape index (κ2) is 9.41. The van der Waals surface area contributed by atoms with Crippen molar-refractivity contribution in [2.75, 3.05) is 48.6 Å². The SMILES string of the molecule is COC[C@]12CN(C)C3[C@@H]4[C@H](OC)[C@H]1[C@@]3([C@@H](OC)C[C@H]2O)[C@]1(O)C[C@@]2(O)[C@H](OC(=O)c3ccccc3)[C@@H]1[C@]4(O)[C@@H](O)[C@@H]2OC. The lowest BCUT2D eigenvalue weighted by Gasteiger charge is -2.71. The first-order valence-electron chi connectivity index (χ1n) is 15.0. The average Bonchev–Trinajstić information content (AvgIpc) is 3.35. The number of piperidine rings is 1. The molecule has 6 aliphatic rings. The fraction of sp³-hybridized carbons (Fsp3) is 0.774. The Bertz CT molecular complexity index is 1290. The molecule has 12 heteroatoms. The highest BCUT2D eigenvalue weighted by atomic mass is 16.6. The summed E-state index contributed by atoms with van der Waals surface area (Å²) in [5, 5.41) is 62.8. The van der Waals surface area contributed by atoms with Crippen LogP contribution in [-0.2, 0) is 23.7 Å². The first kappa shape index (κ1) is 30.0. The number of ether oxygens (including phenoxy) is 5. The summed E-state index contributed by atoms with van der Waals surface area (Å²) < 4.78 is 29.9. The van der Waals surface area contributed by atoms with Crippen LogP contribution in [0, 0.1) is 28.6 Å². The van der Waals surface area contributed by atoms with Crippen molar-refractivity contribution in [1.29, 1.82) is 0 Å². The number of carbonyl (C=O) groups excluding carboxylic acids is 1. The molecule has 5 N–H and O–H groups in total. The van der Waals surface area contributed by atoms with E-state index in [9.17, 15) is 30.3 Å². The summed E-state index contributed by atoms with van der Waals surface area (Å²) in [4.78, 5) is 15.5. The van der Waals surface area contributed by atoms with Gasteiger partial charge in [-0.25, -0.2) is 4.79 Å². The molecule has 238 valence electrons. The Kier molecular flexibility index (Phi) is 6.56. The first-order valence-corrected chi connectivity index (χ1v) is 15.0. The number of methoxy groups -OCH3 is 4. The van der Waals surface area contributed by atoms with Crippen molar-refractivity contribution in [1.82, 2.24) is 4.90 Å². The third-order valence-corrected chi connectivity index (χ3v) is 12.7. The van der Waals surface area contributed by atoms with Crippen LogP contribution in [0.25, 0.3) is 0 Å². The summed E-state index contributed by atoms with van der Waals surface area (Å²) in [5.41, 5.74) is -8.14. The Morgan fingerprint density at radius 3 is 2.28 bits per heavy atom. The topological polar surface area (TPSA) is 168 Å². The third-order valence-electron chi connectivity index (χ3n) is 12.7. The molecule has 0 radical (unpaired) electrons. The molecular formula is C31H43NO11. The minimum absolute atomic E-state index is 0.139. The van der Waals surface area contributed by atoms with Gasteiger partial charge in [0.2, 0.25) is 0 Å². The predicted octanol–water partition coefficient (Wildman–Crippen LogP) is -1.20. The third kappa shape index (κ3) is 3.09. The number of rotatable bonds is 7. The Morgan fingerprint density at radius 1 is 0.977 bits per heavy atom. The van der Waals surface area contributed by atoms with Crippen LogP contribution < -0.4 is 0 Å². The van der Waals surface area contributed by atoms with Gasteiger partial charge in [-0.1, -0.05) is 18.2 Å². The summed E-state index contributed by atoms with van der Waals surface area (Å²) in [7, 11) is 7.79. The number of aliphatic hydroxyl groups excluding tert-OH is 2. The highest BCUT2D eigenvalue weighted by molar-refractivity contribution is 5.89. The molecule has 43 heavy (non-hydrogen) atoms. The van der Waals surface area contributed by atoms with Crippen LogP contribution in [0.2, 0.25) is 0 Å². The molecule has 15 atom stereocenters. The number of carbonyl (C=O) groups is 1. The summed E-state index contributed by atoms with van der Waals surface area (Å²) >= 11 is 0. The number of hydrogen-bond donors (Lipinski definition) is 5. The smallest absolute Gasteiger partial charge is 0.338 e. The van der Waals surface area contributed by atoms with Crippen molar-refractivity contribution in [3.63, 3.8) is 0 Å². The summed E-state index contributed by atoms with van der Waals surface area (Å²) in [6.45, 7) is 0.517. The van der Waals surface area contributed by atoms with E-state index in [0.717, 1.165) is 0 Å². The molecule has 5 saturated carbocycles. The van der Waals surface area contributed by atoms with Crippen LogP contribution in [0.4, 0.5) is 0 Å². The molecule has 0 aromatic heterocycles. The molecule has 7 rings (SSSR count). The molecule has 1 aliphatic heterocycles. The predicted molar refractivity (Wildman–Crippen MR) is 148 cm³/mol. The Labute approximate surface area is 250 Å². The molecule has 6 fully saturated rings. The maximum Gasteiger partial charge on any atom is 0.338 e. The maximum absolute atomic E-state index is 13.5. The molecule has 7 bridgehead atoms. The number of hydrogen-bond acceptors (Lipinski definition) is 12. The zero-order valence-electron chi connectivity index (χ0n) is 25.1. The number of aliphatic hydroxyl groups is 5. The Morgan fingerprint density at radius 2 is 1.67 bits per heavy atom. The van der Waals surface area contributed by atoms with Gasteiger partial charge in [-0.3, -0.25) is 0 Å². The van der Waals surface area contributed by atoms with Crippen molar-refractivity contribution in [3.8, 4) is 0 Å². The first-order chi connectivity index (χ1) is 20.4. The molecule has 1 aromatic carbocycles. The van der Waals surface area contributed by atoms with E-state index in [0.29, 0.717) is 6.54 Å². The van der Waals surface area contributed by atoms with Crippen LogP contribution in [0.1, 0.15) is 23.2 Å². The van der Waals surface area contributed by atoms with E-state index >= 15 is 0 Å². The van der Waals surface area contributed by atoms with Gasteiger partial charge >= 0.3 is 5.97 Å². The van der Waals surface area contributed by atoms with Gasteiger partial charge in [-0.05, 0) is 19.2 Å². The summed E-state index contributed by atoms with van der Waals surface area (Å²) in [5.74, 6) is -3.56. The van der Waals surface area contributed by atoms with E-state index in [2.05, 4.69) is 0 Å². The largest absolute Gasteiger partial charge is 0.455 e. The van der Waals surface area contributed by atoms with Gasteiger partial charge in [-0.15, -0.1) is 0 Å². The fourth-order valence-corrected chi connectivity index (χ4v) is 11.8. The van der Waals surface area contributed by atoms with E-state index in [4.69, 9.17) is 23.7 Å². The quantitative estimate of drug-likeness (QED) is 0.236. The molecule has 5 aliphatic carbocycles. The molecule has 1 unspecified atom stereocenters. The van der Waals surface area contributed by atoms with Crippen molar-refractivity contribution < 1.29 is 54.0 Å². The minimum Gasteiger partial charge on any atom is -0.455 e. The second-order valence-corrected chi connectivity index (χ2v) is 13.9. The molecule has 12 nitrogen and oxygen atoms in total. The second-order valence-electron chi connectivity index (χ2n) is 13.9. The average molecular weight is 606 g/mol. The van der Waals surface area contributed by atoms with Crippen LogP contribution in [-0.4, -0.2) is 145 Å². The van der Waals surface area contributed by atoms with E-state index < -0.39 is 94.0 Å². The number of benzene rings is 1. The normalized spacial score (nSPS) is 54.5. The van der Waals surface area contributed by atoms with E-state index in [-0.39, 0.29) is 25.0 Å². The van der Waals surface area contributed by atoms with Crippen molar-refractivity contribution in [2.24, 2.45) is 28.6 Å². The molecule has 0 amide bonds. The number of fused-ring (bicyclic) bond motifs is 2. The van der Waals surface area contributed by atoms with Gasteiger partial charge < -0.3 is 54.1 Å². The highest BCUT2D eigenvalue weighted by Crippen LogP contribution is 2.81. The lowest BCUT2D eigenvalue weighted by molar-refractivity contribution is -0.352. The van der Waals surface area contributed by atoms with E-state index in [1.807, 2.05) is 11.9 Å². The molecule has 1 aromatic rings. The summed E-state index contributed by atoms with van der Waals surface area (Å²) in [6.07, 6.45) is -7.17. The van der Waals surface area contributed by atoms with Crippen LogP contribution in [0.5, 0.6) is 0 Å². The zero-order valence-corrected chi connectivity index (χ0v) is 25.1. The monoisotopic (exact) mass is 605 g/mol. The fourth-order valence-electron chi connectivity index (χ4n) is 11.8. The molecule has 1 saturated heterocycles. The van der Waals surface area contributed by atoms with Crippen molar-refractivity contribution >= 4 is 5.97 Å².